The van der Waals surface area contributed by atoms with Crippen LogP contribution in [0.1, 0.15) is 52.4 Å². The normalized spacial score (nSPS) is 14.0. The summed E-state index contributed by atoms with van der Waals surface area (Å²) in [7, 11) is 0. The molecule has 126 valence electrons. The van der Waals surface area contributed by atoms with Gasteiger partial charge in [0.2, 0.25) is 0 Å². The van der Waals surface area contributed by atoms with E-state index in [0.717, 1.165) is 29.0 Å². The van der Waals surface area contributed by atoms with Crippen LogP contribution in [0.5, 0.6) is 5.75 Å². The van der Waals surface area contributed by atoms with Crippen LogP contribution in [0, 0.1) is 0 Å². The zero-order valence-electron chi connectivity index (χ0n) is 14.0. The summed E-state index contributed by atoms with van der Waals surface area (Å²) >= 11 is 1.59. The van der Waals surface area contributed by atoms with Crippen LogP contribution >= 0.6 is 11.3 Å². The van der Waals surface area contributed by atoms with Gasteiger partial charge in [-0.15, -0.1) is 11.3 Å². The molecule has 0 fully saturated rings. The maximum absolute atomic E-state index is 12.3. The minimum atomic E-state index is -0.145. The molecular weight excluding hydrogens is 320 g/mol. The van der Waals surface area contributed by atoms with E-state index in [1.807, 2.05) is 44.2 Å². The molecule has 3 rings (SSSR count). The quantitative estimate of drug-likeness (QED) is 0.655. The van der Waals surface area contributed by atoms with Crippen molar-refractivity contribution in [1.82, 2.24) is 5.43 Å². The van der Waals surface area contributed by atoms with Gasteiger partial charge in [-0.1, -0.05) is 12.1 Å². The highest BCUT2D eigenvalue weighted by Crippen LogP contribution is 2.29. The van der Waals surface area contributed by atoms with Crippen molar-refractivity contribution in [3.63, 3.8) is 0 Å². The van der Waals surface area contributed by atoms with Crippen molar-refractivity contribution in [1.29, 1.82) is 0 Å². The van der Waals surface area contributed by atoms with E-state index in [-0.39, 0.29) is 12.0 Å². The molecule has 1 N–H and O–H groups in total. The summed E-state index contributed by atoms with van der Waals surface area (Å²) in [5.74, 6) is 0.616. The number of carbonyl (C=O) groups excluding carboxylic acids is 1. The summed E-state index contributed by atoms with van der Waals surface area (Å²) in [5, 5.41) is 4.09. The van der Waals surface area contributed by atoms with Gasteiger partial charge in [-0.3, -0.25) is 4.79 Å². The van der Waals surface area contributed by atoms with Gasteiger partial charge < -0.3 is 4.74 Å². The summed E-state index contributed by atoms with van der Waals surface area (Å²) in [6, 6.07) is 9.67. The number of amides is 1. The predicted molar refractivity (Wildman–Crippen MR) is 98.2 cm³/mol. The van der Waals surface area contributed by atoms with Crippen LogP contribution in [0.15, 0.2) is 35.4 Å². The number of para-hydroxylation sites is 1. The minimum absolute atomic E-state index is 0.0894. The standard InChI is InChI=1S/C19H22N2O2S/c1-13(2)23-16-9-5-3-8-15(16)12-20-21-19(22)18-11-14-7-4-6-10-17(14)24-18/h3,5,8-9,11-13H,4,6-7,10H2,1-2H3,(H,21,22). The number of thiophene rings is 1. The molecule has 0 atom stereocenters. The monoisotopic (exact) mass is 342 g/mol. The highest BCUT2D eigenvalue weighted by atomic mass is 32.1. The van der Waals surface area contributed by atoms with Crippen LogP contribution in [0.25, 0.3) is 0 Å². The third-order valence-corrected chi connectivity index (χ3v) is 5.11. The summed E-state index contributed by atoms with van der Waals surface area (Å²) in [6.45, 7) is 3.96. The molecule has 0 spiro atoms. The minimum Gasteiger partial charge on any atom is -0.490 e. The third-order valence-electron chi connectivity index (χ3n) is 3.87. The van der Waals surface area contributed by atoms with Crippen molar-refractivity contribution in [3.8, 4) is 5.75 Å². The second-order valence-corrected chi connectivity index (χ2v) is 7.31. The molecule has 1 amide bonds. The zero-order valence-corrected chi connectivity index (χ0v) is 14.9. The Balaban J connectivity index is 1.66. The SMILES string of the molecule is CC(C)Oc1ccccc1C=NNC(=O)c1cc2c(s1)CCCC2. The Hall–Kier alpha value is -2.14. The molecule has 1 aliphatic carbocycles. The van der Waals surface area contributed by atoms with Crippen LogP contribution in [0.4, 0.5) is 0 Å². The number of hydrogen-bond donors (Lipinski definition) is 1. The summed E-state index contributed by atoms with van der Waals surface area (Å²) in [4.78, 5) is 14.4. The second-order valence-electron chi connectivity index (χ2n) is 6.17. The number of hydrazone groups is 1. The zero-order chi connectivity index (χ0) is 16.9. The molecule has 2 aromatic rings. The molecule has 1 heterocycles. The van der Waals surface area contributed by atoms with E-state index in [1.165, 1.54) is 23.3 Å². The van der Waals surface area contributed by atoms with Gasteiger partial charge in [-0.2, -0.15) is 5.10 Å². The third kappa shape index (κ3) is 4.03. The molecule has 1 aromatic heterocycles. The summed E-state index contributed by atoms with van der Waals surface area (Å²) in [5.41, 5.74) is 4.80. The Kier molecular flexibility index (Phi) is 5.30. The van der Waals surface area contributed by atoms with E-state index in [9.17, 15) is 4.79 Å². The highest BCUT2D eigenvalue weighted by Gasteiger charge is 2.16. The van der Waals surface area contributed by atoms with Gasteiger partial charge in [0.1, 0.15) is 5.75 Å². The van der Waals surface area contributed by atoms with Crippen LogP contribution in [0.3, 0.4) is 0 Å². The Morgan fingerprint density at radius 2 is 2.08 bits per heavy atom. The fraction of sp³-hybridized carbons (Fsp3) is 0.368. The lowest BCUT2D eigenvalue weighted by Crippen LogP contribution is -2.16. The first-order valence-corrected chi connectivity index (χ1v) is 9.16. The Morgan fingerprint density at radius 1 is 1.29 bits per heavy atom. The molecule has 4 nitrogen and oxygen atoms in total. The first-order chi connectivity index (χ1) is 11.6. The first-order valence-electron chi connectivity index (χ1n) is 8.34. The summed E-state index contributed by atoms with van der Waals surface area (Å²) < 4.78 is 5.74. The van der Waals surface area contributed by atoms with Crippen LogP contribution in [-0.4, -0.2) is 18.2 Å². The van der Waals surface area contributed by atoms with E-state index in [4.69, 9.17) is 4.74 Å². The van der Waals surface area contributed by atoms with Gasteiger partial charge in [-0.05, 0) is 63.3 Å². The maximum atomic E-state index is 12.3. The second kappa shape index (κ2) is 7.62. The number of carbonyl (C=O) groups is 1. The Labute approximate surface area is 146 Å². The van der Waals surface area contributed by atoms with Gasteiger partial charge in [0, 0.05) is 10.4 Å². The Bertz CT molecular complexity index is 726. The smallest absolute Gasteiger partial charge is 0.281 e. The molecule has 1 aliphatic rings. The molecule has 0 saturated carbocycles. The predicted octanol–water partition coefficient (Wildman–Crippen LogP) is 4.18. The van der Waals surface area contributed by atoms with E-state index in [0.29, 0.717) is 0 Å². The molecule has 0 saturated heterocycles. The maximum Gasteiger partial charge on any atom is 0.281 e. The molecule has 1 aromatic carbocycles. The van der Waals surface area contributed by atoms with Crippen molar-refractivity contribution in [3.05, 3.63) is 51.2 Å². The molecule has 0 radical (unpaired) electrons. The van der Waals surface area contributed by atoms with E-state index >= 15 is 0 Å². The molecule has 0 aliphatic heterocycles. The molecule has 24 heavy (non-hydrogen) atoms. The van der Waals surface area contributed by atoms with E-state index in [2.05, 4.69) is 10.5 Å². The van der Waals surface area contributed by atoms with Crippen LogP contribution in [0.2, 0.25) is 0 Å². The lowest BCUT2D eigenvalue weighted by atomic mass is 9.99. The Morgan fingerprint density at radius 3 is 2.88 bits per heavy atom. The number of benzene rings is 1. The van der Waals surface area contributed by atoms with Crippen molar-refractivity contribution in [2.75, 3.05) is 0 Å². The fourth-order valence-electron chi connectivity index (χ4n) is 2.77. The summed E-state index contributed by atoms with van der Waals surface area (Å²) in [6.07, 6.45) is 6.34. The number of nitrogens with zero attached hydrogens (tertiary/aromatic N) is 1. The number of rotatable bonds is 5. The fourth-order valence-corrected chi connectivity index (χ4v) is 3.91. The lowest BCUT2D eigenvalue weighted by Gasteiger charge is -2.11. The van der Waals surface area contributed by atoms with Gasteiger partial charge in [0.05, 0.1) is 17.2 Å². The van der Waals surface area contributed by atoms with Gasteiger partial charge in [0.15, 0.2) is 0 Å². The number of aryl methyl sites for hydroxylation is 2. The topological polar surface area (TPSA) is 50.7 Å². The average molecular weight is 342 g/mol. The molecule has 0 bridgehead atoms. The largest absolute Gasteiger partial charge is 0.490 e. The van der Waals surface area contributed by atoms with Crippen molar-refractivity contribution >= 4 is 23.5 Å². The number of nitrogens with one attached hydrogen (secondary N) is 1. The van der Waals surface area contributed by atoms with Crippen LogP contribution in [-0.2, 0) is 12.8 Å². The number of fused-ring (bicyclic) bond motifs is 1. The lowest BCUT2D eigenvalue weighted by molar-refractivity contribution is 0.0959. The van der Waals surface area contributed by atoms with Crippen molar-refractivity contribution in [2.45, 2.75) is 45.6 Å². The number of hydrogen-bond acceptors (Lipinski definition) is 4. The highest BCUT2D eigenvalue weighted by molar-refractivity contribution is 7.14. The van der Waals surface area contributed by atoms with Gasteiger partial charge in [0.25, 0.3) is 5.91 Å². The number of ether oxygens (including phenoxy) is 1. The average Bonchev–Trinajstić information content (AvgIpc) is 3.00. The molecule has 0 unspecified atom stereocenters. The van der Waals surface area contributed by atoms with Crippen molar-refractivity contribution < 1.29 is 9.53 Å². The van der Waals surface area contributed by atoms with E-state index in [1.54, 1.807) is 17.6 Å². The van der Waals surface area contributed by atoms with Gasteiger partial charge in [-0.25, -0.2) is 5.43 Å². The van der Waals surface area contributed by atoms with Crippen molar-refractivity contribution in [2.24, 2.45) is 5.10 Å². The first kappa shape index (κ1) is 16.7. The molecule has 5 heteroatoms. The van der Waals surface area contributed by atoms with E-state index < -0.39 is 0 Å². The van der Waals surface area contributed by atoms with Crippen LogP contribution < -0.4 is 10.2 Å². The van der Waals surface area contributed by atoms with Gasteiger partial charge >= 0.3 is 0 Å². The molecular formula is C19H22N2O2S.